The molecule has 0 saturated carbocycles. The molecule has 0 unspecified atom stereocenters. The van der Waals surface area contributed by atoms with E-state index in [9.17, 15) is 0 Å². The molecule has 2 aromatic rings. The Bertz CT molecular complexity index is 522. The molecule has 0 radical (unpaired) electrons. The van der Waals surface area contributed by atoms with Crippen LogP contribution in [0.3, 0.4) is 0 Å². The maximum absolute atomic E-state index is 5.41. The number of nitrogens with one attached hydrogen (secondary N) is 1. The highest BCUT2D eigenvalue weighted by molar-refractivity contribution is 5.80. The predicted octanol–water partition coefficient (Wildman–Crippen LogP) is 2.41. The van der Waals surface area contributed by atoms with Crippen molar-refractivity contribution in [1.82, 2.24) is 9.88 Å². The fourth-order valence-electron chi connectivity index (χ4n) is 2.27. The van der Waals surface area contributed by atoms with E-state index in [-0.39, 0.29) is 0 Å². The average Bonchev–Trinajstić information content (AvgIpc) is 2.87. The fourth-order valence-corrected chi connectivity index (χ4v) is 2.27. The molecule has 0 amide bonds. The van der Waals surface area contributed by atoms with Crippen LogP contribution in [-0.2, 0) is 22.6 Å². The lowest BCUT2D eigenvalue weighted by Crippen LogP contribution is -2.18. The van der Waals surface area contributed by atoms with Gasteiger partial charge in [-0.2, -0.15) is 0 Å². The molecule has 2 rings (SSSR count). The summed E-state index contributed by atoms with van der Waals surface area (Å²) < 4.78 is 12.7. The van der Waals surface area contributed by atoms with Crippen LogP contribution in [0.2, 0.25) is 0 Å². The molecular weight excluding hydrogens is 252 g/mol. The van der Waals surface area contributed by atoms with Crippen molar-refractivity contribution in [3.8, 4) is 0 Å². The molecule has 1 aromatic carbocycles. The van der Waals surface area contributed by atoms with Crippen molar-refractivity contribution in [2.75, 3.05) is 33.5 Å². The Labute approximate surface area is 120 Å². The summed E-state index contributed by atoms with van der Waals surface area (Å²) in [6.45, 7) is 6.97. The van der Waals surface area contributed by atoms with E-state index in [1.807, 2.05) is 6.92 Å². The van der Waals surface area contributed by atoms with Crippen LogP contribution in [-0.4, -0.2) is 38.0 Å². The first-order valence-corrected chi connectivity index (χ1v) is 7.20. The van der Waals surface area contributed by atoms with Gasteiger partial charge in [0.1, 0.15) is 0 Å². The molecular formula is C16H24N2O2. The van der Waals surface area contributed by atoms with Gasteiger partial charge >= 0.3 is 0 Å². The normalized spacial score (nSPS) is 11.3. The van der Waals surface area contributed by atoms with E-state index in [2.05, 4.69) is 40.3 Å². The average molecular weight is 276 g/mol. The Hall–Kier alpha value is -1.36. The third kappa shape index (κ3) is 4.07. The van der Waals surface area contributed by atoms with Crippen LogP contribution in [0, 0.1) is 0 Å². The molecule has 20 heavy (non-hydrogen) atoms. The van der Waals surface area contributed by atoms with Crippen LogP contribution in [0.1, 0.15) is 12.5 Å². The summed E-state index contributed by atoms with van der Waals surface area (Å²) in [6, 6.07) is 8.78. The van der Waals surface area contributed by atoms with Crippen LogP contribution in [0.4, 0.5) is 0 Å². The largest absolute Gasteiger partial charge is 0.383 e. The van der Waals surface area contributed by atoms with Gasteiger partial charge in [-0.3, -0.25) is 0 Å². The zero-order valence-corrected chi connectivity index (χ0v) is 12.4. The first-order valence-electron chi connectivity index (χ1n) is 7.20. The molecule has 4 heteroatoms. The number of nitrogens with zero attached hydrogens (tertiary/aromatic N) is 1. The highest BCUT2D eigenvalue weighted by atomic mass is 16.5. The molecule has 0 aliphatic rings. The first kappa shape index (κ1) is 15.0. The molecule has 1 aromatic heterocycles. The highest BCUT2D eigenvalue weighted by Gasteiger charge is 2.02. The van der Waals surface area contributed by atoms with Gasteiger partial charge in [-0.1, -0.05) is 6.07 Å². The Kier molecular flexibility index (Phi) is 6.05. The molecule has 0 bridgehead atoms. The minimum Gasteiger partial charge on any atom is -0.383 e. The summed E-state index contributed by atoms with van der Waals surface area (Å²) in [7, 11) is 1.72. The zero-order chi connectivity index (χ0) is 14.2. The van der Waals surface area contributed by atoms with Crippen molar-refractivity contribution in [2.45, 2.75) is 20.0 Å². The van der Waals surface area contributed by atoms with Gasteiger partial charge in [-0.15, -0.1) is 0 Å². The Balaban J connectivity index is 1.96. The summed E-state index contributed by atoms with van der Waals surface area (Å²) in [5, 5.41) is 4.65. The van der Waals surface area contributed by atoms with Crippen molar-refractivity contribution in [1.29, 1.82) is 0 Å². The van der Waals surface area contributed by atoms with E-state index in [1.165, 1.54) is 16.5 Å². The number of rotatable bonds is 9. The van der Waals surface area contributed by atoms with E-state index in [4.69, 9.17) is 9.47 Å². The lowest BCUT2D eigenvalue weighted by molar-refractivity contribution is 0.140. The van der Waals surface area contributed by atoms with E-state index in [0.29, 0.717) is 0 Å². The molecule has 0 fully saturated rings. The van der Waals surface area contributed by atoms with Crippen LogP contribution >= 0.6 is 0 Å². The minimum absolute atomic E-state index is 0.746. The monoisotopic (exact) mass is 276 g/mol. The third-order valence-electron chi connectivity index (χ3n) is 3.33. The maximum Gasteiger partial charge on any atom is 0.0645 e. The Morgan fingerprint density at radius 3 is 2.90 bits per heavy atom. The summed E-state index contributed by atoms with van der Waals surface area (Å²) >= 11 is 0. The second kappa shape index (κ2) is 8.04. The standard InChI is InChI=1S/C16H24N2O2/c1-3-20-11-9-18-8-6-15-12-14(4-5-16(15)18)13-17-7-10-19-2/h4-6,8,12,17H,3,7,9-11,13H2,1-2H3. The second-order valence-corrected chi connectivity index (χ2v) is 4.77. The number of ether oxygens (including phenoxy) is 2. The van der Waals surface area contributed by atoms with Crippen LogP contribution < -0.4 is 5.32 Å². The molecule has 0 aliphatic heterocycles. The number of benzene rings is 1. The van der Waals surface area contributed by atoms with Gasteiger partial charge in [0.05, 0.1) is 13.2 Å². The molecule has 110 valence electrons. The van der Waals surface area contributed by atoms with Gasteiger partial charge in [-0.05, 0) is 36.1 Å². The Morgan fingerprint density at radius 2 is 2.10 bits per heavy atom. The lowest BCUT2D eigenvalue weighted by Gasteiger charge is -2.07. The summed E-state index contributed by atoms with van der Waals surface area (Å²) in [4.78, 5) is 0. The van der Waals surface area contributed by atoms with Gasteiger partial charge in [0, 0.05) is 45.1 Å². The highest BCUT2D eigenvalue weighted by Crippen LogP contribution is 2.17. The van der Waals surface area contributed by atoms with Gasteiger partial charge in [-0.25, -0.2) is 0 Å². The smallest absolute Gasteiger partial charge is 0.0645 e. The molecule has 0 spiro atoms. The number of methoxy groups -OCH3 is 1. The Morgan fingerprint density at radius 1 is 1.20 bits per heavy atom. The van der Waals surface area contributed by atoms with E-state index < -0.39 is 0 Å². The minimum atomic E-state index is 0.746. The number of hydrogen-bond donors (Lipinski definition) is 1. The van der Waals surface area contributed by atoms with Gasteiger partial charge in [0.25, 0.3) is 0 Å². The van der Waals surface area contributed by atoms with Crippen molar-refractivity contribution in [3.63, 3.8) is 0 Å². The molecule has 0 aliphatic carbocycles. The van der Waals surface area contributed by atoms with Crippen LogP contribution in [0.15, 0.2) is 30.5 Å². The molecule has 0 atom stereocenters. The molecule has 1 heterocycles. The lowest BCUT2D eigenvalue weighted by atomic mass is 10.1. The van der Waals surface area contributed by atoms with Crippen molar-refractivity contribution >= 4 is 10.9 Å². The van der Waals surface area contributed by atoms with Crippen LogP contribution in [0.25, 0.3) is 10.9 Å². The van der Waals surface area contributed by atoms with E-state index in [0.717, 1.165) is 39.5 Å². The fraction of sp³-hybridized carbons (Fsp3) is 0.500. The van der Waals surface area contributed by atoms with Gasteiger partial charge < -0.3 is 19.4 Å². The predicted molar refractivity (Wildman–Crippen MR) is 82.0 cm³/mol. The molecule has 1 N–H and O–H groups in total. The topological polar surface area (TPSA) is 35.4 Å². The molecule has 4 nitrogen and oxygen atoms in total. The van der Waals surface area contributed by atoms with E-state index in [1.54, 1.807) is 7.11 Å². The third-order valence-corrected chi connectivity index (χ3v) is 3.33. The number of fused-ring (bicyclic) bond motifs is 1. The number of aromatic nitrogens is 1. The SMILES string of the molecule is CCOCCn1ccc2cc(CNCCOC)ccc21. The summed E-state index contributed by atoms with van der Waals surface area (Å²) in [5.74, 6) is 0. The maximum atomic E-state index is 5.41. The van der Waals surface area contributed by atoms with Crippen molar-refractivity contribution < 1.29 is 9.47 Å². The first-order chi connectivity index (χ1) is 9.85. The molecule has 0 saturated heterocycles. The van der Waals surface area contributed by atoms with E-state index >= 15 is 0 Å². The summed E-state index contributed by atoms with van der Waals surface area (Å²) in [6.07, 6.45) is 2.13. The van der Waals surface area contributed by atoms with Gasteiger partial charge in [0.2, 0.25) is 0 Å². The van der Waals surface area contributed by atoms with Crippen molar-refractivity contribution in [3.05, 3.63) is 36.0 Å². The van der Waals surface area contributed by atoms with Crippen LogP contribution in [0.5, 0.6) is 0 Å². The second-order valence-electron chi connectivity index (χ2n) is 4.77. The van der Waals surface area contributed by atoms with Gasteiger partial charge in [0.15, 0.2) is 0 Å². The quantitative estimate of drug-likeness (QED) is 0.714. The van der Waals surface area contributed by atoms with Crippen molar-refractivity contribution in [2.24, 2.45) is 0 Å². The number of hydrogen-bond acceptors (Lipinski definition) is 3. The zero-order valence-electron chi connectivity index (χ0n) is 12.4. The summed E-state index contributed by atoms with van der Waals surface area (Å²) in [5.41, 5.74) is 2.57.